The van der Waals surface area contributed by atoms with Gasteiger partial charge < -0.3 is 9.88 Å². The van der Waals surface area contributed by atoms with E-state index in [2.05, 4.69) is 65.6 Å². The van der Waals surface area contributed by atoms with E-state index in [1.54, 1.807) is 0 Å². The van der Waals surface area contributed by atoms with E-state index in [-0.39, 0.29) is 0 Å². The maximum Gasteiger partial charge on any atom is 0.0617 e. The number of piperidine rings is 1. The maximum atomic E-state index is 5.97. The van der Waals surface area contributed by atoms with Gasteiger partial charge in [0.15, 0.2) is 0 Å². The summed E-state index contributed by atoms with van der Waals surface area (Å²) in [6.45, 7) is 12.8. The first-order chi connectivity index (χ1) is 14.0. The number of rotatable bonds is 5. The number of aromatic amines is 1. The Hall–Kier alpha value is -2.26. The van der Waals surface area contributed by atoms with E-state index in [4.69, 9.17) is 11.6 Å². The van der Waals surface area contributed by atoms with Crippen LogP contribution in [0.1, 0.15) is 55.3 Å². The molecule has 0 radical (unpaired) electrons. The van der Waals surface area contributed by atoms with Crippen LogP contribution in [0, 0.1) is 6.92 Å². The van der Waals surface area contributed by atoms with Crippen molar-refractivity contribution < 1.29 is 0 Å². The molecule has 4 rings (SSSR count). The van der Waals surface area contributed by atoms with Gasteiger partial charge >= 0.3 is 0 Å². The molecule has 152 valence electrons. The molecule has 1 aromatic carbocycles. The first-order valence-corrected chi connectivity index (χ1v) is 11.1. The van der Waals surface area contributed by atoms with Crippen LogP contribution in [0.3, 0.4) is 0 Å². The molecule has 29 heavy (non-hydrogen) atoms. The molecule has 0 unspecified atom stereocenters. The van der Waals surface area contributed by atoms with Crippen molar-refractivity contribution in [3.8, 4) is 11.3 Å². The largest absolute Gasteiger partial charge is 0.374 e. The fourth-order valence-corrected chi connectivity index (χ4v) is 4.80. The molecular weight excluding hydrogens is 378 g/mol. The van der Waals surface area contributed by atoms with E-state index in [9.17, 15) is 0 Å². The van der Waals surface area contributed by atoms with Crippen LogP contribution < -0.4 is 0 Å². The van der Waals surface area contributed by atoms with Gasteiger partial charge in [-0.3, -0.25) is 4.98 Å². The summed E-state index contributed by atoms with van der Waals surface area (Å²) in [5, 5.41) is 1.36. The molecule has 0 atom stereocenters. The summed E-state index contributed by atoms with van der Waals surface area (Å²) in [6.07, 6.45) is 4.20. The molecule has 3 aromatic rings. The molecule has 0 saturated carbocycles. The summed E-state index contributed by atoms with van der Waals surface area (Å²) in [4.78, 5) is 10.4. The Morgan fingerprint density at radius 2 is 2.00 bits per heavy atom. The Balaban J connectivity index is 1.69. The fourth-order valence-electron chi connectivity index (χ4n) is 4.63. The van der Waals surface area contributed by atoms with Crippen molar-refractivity contribution in [2.75, 3.05) is 19.0 Å². The number of pyridine rings is 1. The molecule has 3 heterocycles. The van der Waals surface area contributed by atoms with E-state index in [1.807, 2.05) is 13.1 Å². The number of alkyl halides is 1. The predicted molar refractivity (Wildman–Crippen MR) is 124 cm³/mol. The summed E-state index contributed by atoms with van der Waals surface area (Å²) in [5.41, 5.74) is 8.60. The second-order valence-corrected chi connectivity index (χ2v) is 8.79. The summed E-state index contributed by atoms with van der Waals surface area (Å²) < 4.78 is 0. The lowest BCUT2D eigenvalue weighted by atomic mass is 9.87. The monoisotopic (exact) mass is 407 g/mol. The highest BCUT2D eigenvalue weighted by atomic mass is 35.5. The molecule has 2 aromatic heterocycles. The highest BCUT2D eigenvalue weighted by Gasteiger charge is 2.23. The number of aryl methyl sites for hydroxylation is 1. The Morgan fingerprint density at radius 3 is 2.66 bits per heavy atom. The maximum absolute atomic E-state index is 5.97. The fraction of sp³-hybridized carbons (Fsp3) is 0.400. The van der Waals surface area contributed by atoms with Crippen molar-refractivity contribution in [3.63, 3.8) is 0 Å². The molecule has 1 saturated heterocycles. The van der Waals surface area contributed by atoms with Gasteiger partial charge in [-0.05, 0) is 67.0 Å². The molecule has 4 heteroatoms. The number of fused-ring (bicyclic) bond motifs is 1. The van der Waals surface area contributed by atoms with Gasteiger partial charge in [-0.25, -0.2) is 0 Å². The average Bonchev–Trinajstić information content (AvgIpc) is 3.12. The Morgan fingerprint density at radius 1 is 1.24 bits per heavy atom. The molecule has 1 fully saturated rings. The van der Waals surface area contributed by atoms with E-state index in [1.165, 1.54) is 33.3 Å². The average molecular weight is 408 g/mol. The summed E-state index contributed by atoms with van der Waals surface area (Å²) in [6, 6.07) is 11.3. The number of likely N-dealkylation sites (tertiary alicyclic amines) is 1. The van der Waals surface area contributed by atoms with Crippen LogP contribution in [0.25, 0.3) is 22.2 Å². The van der Waals surface area contributed by atoms with Gasteiger partial charge in [-0.1, -0.05) is 26.5 Å². The number of aromatic nitrogens is 2. The number of hydrogen-bond donors (Lipinski definition) is 1. The van der Waals surface area contributed by atoms with Gasteiger partial charge in [0.1, 0.15) is 0 Å². The number of benzene rings is 1. The van der Waals surface area contributed by atoms with Crippen molar-refractivity contribution in [1.29, 1.82) is 0 Å². The zero-order valence-electron chi connectivity index (χ0n) is 17.6. The first-order valence-electron chi connectivity index (χ1n) is 10.5. The number of nitrogens with zero attached hydrogens (tertiary/aromatic N) is 2. The lowest BCUT2D eigenvalue weighted by molar-refractivity contribution is 0.265. The van der Waals surface area contributed by atoms with Crippen LogP contribution in [-0.4, -0.2) is 33.8 Å². The lowest BCUT2D eigenvalue weighted by Crippen LogP contribution is -2.32. The minimum Gasteiger partial charge on any atom is -0.374 e. The van der Waals surface area contributed by atoms with E-state index >= 15 is 0 Å². The predicted octanol–water partition coefficient (Wildman–Crippen LogP) is 6.59. The molecule has 0 amide bonds. The normalized spacial score (nSPS) is 15.4. The number of H-pyrrole nitrogens is 1. The van der Waals surface area contributed by atoms with Crippen molar-refractivity contribution in [3.05, 3.63) is 65.6 Å². The summed E-state index contributed by atoms with van der Waals surface area (Å²) in [7, 11) is 0. The molecule has 0 bridgehead atoms. The van der Waals surface area contributed by atoms with Crippen molar-refractivity contribution >= 4 is 22.5 Å². The second-order valence-electron chi connectivity index (χ2n) is 8.52. The third kappa shape index (κ3) is 3.93. The van der Waals surface area contributed by atoms with Gasteiger partial charge in [0.2, 0.25) is 0 Å². The molecule has 1 aliphatic rings. The van der Waals surface area contributed by atoms with Gasteiger partial charge in [-0.2, -0.15) is 0 Å². The minimum atomic E-state index is 0.441. The minimum absolute atomic E-state index is 0.441. The molecule has 3 nitrogen and oxygen atoms in total. The summed E-state index contributed by atoms with van der Waals surface area (Å²) >= 11 is 5.97. The number of nitrogens with one attached hydrogen (secondary N) is 1. The molecule has 0 aliphatic carbocycles. The van der Waals surface area contributed by atoms with Crippen LogP contribution in [-0.2, 0) is 0 Å². The second kappa shape index (κ2) is 8.23. The van der Waals surface area contributed by atoms with Gasteiger partial charge in [0, 0.05) is 47.1 Å². The van der Waals surface area contributed by atoms with E-state index in [0.29, 0.717) is 17.7 Å². The third-order valence-electron chi connectivity index (χ3n) is 6.19. The van der Waals surface area contributed by atoms with E-state index in [0.717, 1.165) is 37.3 Å². The lowest BCUT2D eigenvalue weighted by Gasteiger charge is -2.34. The molecule has 1 aliphatic heterocycles. The SMILES string of the molecule is C=C(CCl)N1CCC(c2ccc3[nH]c(-c4ccnc(C)c4)c(C(C)C)c3c2)CC1. The number of allylic oxidation sites excluding steroid dienone is 1. The van der Waals surface area contributed by atoms with Crippen LogP contribution >= 0.6 is 11.6 Å². The highest BCUT2D eigenvalue weighted by molar-refractivity contribution is 6.19. The Kier molecular flexibility index (Phi) is 5.69. The van der Waals surface area contributed by atoms with Crippen LogP contribution in [0.15, 0.2) is 48.8 Å². The number of hydrogen-bond acceptors (Lipinski definition) is 2. The van der Waals surface area contributed by atoms with Crippen molar-refractivity contribution in [1.82, 2.24) is 14.9 Å². The van der Waals surface area contributed by atoms with Gasteiger partial charge in [0.25, 0.3) is 0 Å². The standard InChI is InChI=1S/C25H30ClN3/c1-16(2)24-22-14-20(19-8-11-29(12-9-19)18(4)15-26)5-6-23(22)28-25(24)21-7-10-27-17(3)13-21/h5-7,10,13-14,16,19,28H,4,8-9,11-12,15H2,1-3H3. The Labute approximate surface area is 178 Å². The summed E-state index contributed by atoms with van der Waals surface area (Å²) in [5.74, 6) is 1.56. The van der Waals surface area contributed by atoms with Crippen molar-refractivity contribution in [2.45, 2.75) is 45.4 Å². The highest BCUT2D eigenvalue weighted by Crippen LogP contribution is 2.38. The van der Waals surface area contributed by atoms with Gasteiger partial charge in [0.05, 0.1) is 11.6 Å². The zero-order valence-corrected chi connectivity index (χ0v) is 18.4. The third-order valence-corrected chi connectivity index (χ3v) is 6.50. The van der Waals surface area contributed by atoms with Crippen LogP contribution in [0.4, 0.5) is 0 Å². The van der Waals surface area contributed by atoms with Crippen LogP contribution in [0.2, 0.25) is 0 Å². The van der Waals surface area contributed by atoms with E-state index < -0.39 is 0 Å². The van der Waals surface area contributed by atoms with Gasteiger partial charge in [-0.15, -0.1) is 11.6 Å². The van der Waals surface area contributed by atoms with Crippen LogP contribution in [0.5, 0.6) is 0 Å². The molecular formula is C25H30ClN3. The quantitative estimate of drug-likeness (QED) is 0.483. The first kappa shape index (κ1) is 20.0. The molecule has 1 N–H and O–H groups in total. The topological polar surface area (TPSA) is 31.9 Å². The molecule has 0 spiro atoms. The zero-order chi connectivity index (χ0) is 20.5. The van der Waals surface area contributed by atoms with Crippen molar-refractivity contribution in [2.24, 2.45) is 0 Å². The number of halogens is 1. The Bertz CT molecular complexity index is 1030. The smallest absolute Gasteiger partial charge is 0.0617 e.